The maximum atomic E-state index is 12.4. The number of carbonyl (C=O) groups excluding carboxylic acids is 2. The molecule has 0 radical (unpaired) electrons. The lowest BCUT2D eigenvalue weighted by Crippen LogP contribution is -2.46. The molecular formula is C18H25N3O2. The van der Waals surface area contributed by atoms with Crippen molar-refractivity contribution in [3.8, 4) is 0 Å². The summed E-state index contributed by atoms with van der Waals surface area (Å²) in [6.45, 7) is 4.06. The standard InChI is InChI=1S/C18H25N3O2/c1-12-9-16(12)18(23)19-14-6-3-5-13(10-14)17(22)20-15-7-4-8-21(2)11-15/h3,5-6,10,12,15-16H,4,7-9,11H2,1-2H3,(H,19,23)(H,20,22)/t12-,15+,16+/m1/s1. The number of rotatable bonds is 4. The number of likely N-dealkylation sites (tertiary alicyclic amines) is 1. The fraction of sp³-hybridized carbons (Fsp3) is 0.556. The maximum Gasteiger partial charge on any atom is 0.251 e. The number of nitrogens with one attached hydrogen (secondary N) is 2. The molecule has 0 spiro atoms. The van der Waals surface area contributed by atoms with Crippen LogP contribution >= 0.6 is 0 Å². The first-order valence-electron chi connectivity index (χ1n) is 8.43. The average Bonchev–Trinajstić information content (AvgIpc) is 3.25. The highest BCUT2D eigenvalue weighted by molar-refractivity contribution is 5.98. The van der Waals surface area contributed by atoms with E-state index in [1.54, 1.807) is 12.1 Å². The second-order valence-electron chi connectivity index (χ2n) is 6.96. The molecular weight excluding hydrogens is 290 g/mol. The largest absolute Gasteiger partial charge is 0.348 e. The maximum absolute atomic E-state index is 12.4. The molecule has 2 amide bonds. The molecule has 0 bridgehead atoms. The fourth-order valence-electron chi connectivity index (χ4n) is 3.21. The number of hydrogen-bond acceptors (Lipinski definition) is 3. The van der Waals surface area contributed by atoms with E-state index in [9.17, 15) is 9.59 Å². The van der Waals surface area contributed by atoms with E-state index in [0.717, 1.165) is 32.4 Å². The van der Waals surface area contributed by atoms with Crippen molar-refractivity contribution in [3.05, 3.63) is 29.8 Å². The second-order valence-corrected chi connectivity index (χ2v) is 6.96. The van der Waals surface area contributed by atoms with Gasteiger partial charge in [-0.1, -0.05) is 13.0 Å². The van der Waals surface area contributed by atoms with Crippen LogP contribution in [-0.2, 0) is 4.79 Å². The van der Waals surface area contributed by atoms with Crippen LogP contribution in [0.4, 0.5) is 5.69 Å². The van der Waals surface area contributed by atoms with E-state index in [-0.39, 0.29) is 23.8 Å². The Morgan fingerprint density at radius 3 is 2.78 bits per heavy atom. The van der Waals surface area contributed by atoms with Crippen molar-refractivity contribution >= 4 is 17.5 Å². The minimum Gasteiger partial charge on any atom is -0.348 e. The minimum absolute atomic E-state index is 0.0592. The van der Waals surface area contributed by atoms with Crippen molar-refractivity contribution in [2.75, 3.05) is 25.5 Å². The Labute approximate surface area is 137 Å². The van der Waals surface area contributed by atoms with Gasteiger partial charge in [0.15, 0.2) is 0 Å². The van der Waals surface area contributed by atoms with Gasteiger partial charge in [0, 0.05) is 29.8 Å². The van der Waals surface area contributed by atoms with Crippen molar-refractivity contribution in [1.82, 2.24) is 10.2 Å². The van der Waals surface area contributed by atoms with Crippen LogP contribution in [0.2, 0.25) is 0 Å². The van der Waals surface area contributed by atoms with Crippen LogP contribution < -0.4 is 10.6 Å². The summed E-state index contributed by atoms with van der Waals surface area (Å²) >= 11 is 0. The van der Waals surface area contributed by atoms with E-state index in [1.807, 2.05) is 12.1 Å². The molecule has 2 fully saturated rings. The molecule has 1 aromatic rings. The van der Waals surface area contributed by atoms with E-state index in [2.05, 4.69) is 29.5 Å². The summed E-state index contributed by atoms with van der Waals surface area (Å²) in [6.07, 6.45) is 3.09. The van der Waals surface area contributed by atoms with Crippen LogP contribution in [0.25, 0.3) is 0 Å². The molecule has 23 heavy (non-hydrogen) atoms. The second kappa shape index (κ2) is 6.71. The van der Waals surface area contributed by atoms with E-state index >= 15 is 0 Å². The summed E-state index contributed by atoms with van der Waals surface area (Å²) in [7, 11) is 2.08. The van der Waals surface area contributed by atoms with Crippen LogP contribution in [0.15, 0.2) is 24.3 Å². The molecule has 5 nitrogen and oxygen atoms in total. The molecule has 1 aliphatic carbocycles. The van der Waals surface area contributed by atoms with Crippen LogP contribution in [0.1, 0.15) is 36.5 Å². The zero-order chi connectivity index (χ0) is 16.4. The summed E-state index contributed by atoms with van der Waals surface area (Å²) in [6, 6.07) is 7.39. The molecule has 0 unspecified atom stereocenters. The quantitative estimate of drug-likeness (QED) is 0.894. The number of hydrogen-bond donors (Lipinski definition) is 2. The number of anilines is 1. The van der Waals surface area contributed by atoms with Crippen LogP contribution in [0.3, 0.4) is 0 Å². The zero-order valence-electron chi connectivity index (χ0n) is 13.8. The first-order valence-corrected chi connectivity index (χ1v) is 8.43. The van der Waals surface area contributed by atoms with Gasteiger partial charge in [-0.2, -0.15) is 0 Å². The lowest BCUT2D eigenvalue weighted by molar-refractivity contribution is -0.117. The molecule has 5 heteroatoms. The Hall–Kier alpha value is -1.88. The third kappa shape index (κ3) is 4.10. The van der Waals surface area contributed by atoms with Crippen LogP contribution in [0, 0.1) is 11.8 Å². The van der Waals surface area contributed by atoms with Gasteiger partial charge in [0.2, 0.25) is 5.91 Å². The molecule has 1 aromatic carbocycles. The first-order chi connectivity index (χ1) is 11.0. The number of benzene rings is 1. The van der Waals surface area contributed by atoms with Gasteiger partial charge in [-0.3, -0.25) is 9.59 Å². The Bertz CT molecular complexity index is 602. The van der Waals surface area contributed by atoms with Crippen molar-refractivity contribution in [2.45, 2.75) is 32.2 Å². The molecule has 3 rings (SSSR count). The smallest absolute Gasteiger partial charge is 0.251 e. The Morgan fingerprint density at radius 2 is 2.09 bits per heavy atom. The number of amides is 2. The third-order valence-corrected chi connectivity index (χ3v) is 4.80. The highest BCUT2D eigenvalue weighted by Crippen LogP contribution is 2.38. The van der Waals surface area contributed by atoms with E-state index in [1.165, 1.54) is 0 Å². The van der Waals surface area contributed by atoms with Gasteiger partial charge < -0.3 is 15.5 Å². The number of likely N-dealkylation sites (N-methyl/N-ethyl adjacent to an activating group) is 1. The van der Waals surface area contributed by atoms with Gasteiger partial charge in [0.1, 0.15) is 0 Å². The van der Waals surface area contributed by atoms with Gasteiger partial charge in [-0.05, 0) is 57.0 Å². The lowest BCUT2D eigenvalue weighted by Gasteiger charge is -2.30. The molecule has 3 atom stereocenters. The molecule has 124 valence electrons. The summed E-state index contributed by atoms with van der Waals surface area (Å²) in [4.78, 5) is 26.7. The summed E-state index contributed by atoms with van der Waals surface area (Å²) in [5.41, 5.74) is 1.29. The molecule has 1 heterocycles. The third-order valence-electron chi connectivity index (χ3n) is 4.80. The molecule has 1 aliphatic heterocycles. The molecule has 1 saturated carbocycles. The number of carbonyl (C=O) groups is 2. The Kier molecular flexibility index (Phi) is 4.66. The van der Waals surface area contributed by atoms with Crippen LogP contribution in [0.5, 0.6) is 0 Å². The average molecular weight is 315 g/mol. The van der Waals surface area contributed by atoms with Gasteiger partial charge in [0.25, 0.3) is 5.91 Å². The highest BCUT2D eigenvalue weighted by Gasteiger charge is 2.39. The lowest BCUT2D eigenvalue weighted by atomic mass is 10.1. The topological polar surface area (TPSA) is 61.4 Å². The molecule has 1 saturated heterocycles. The molecule has 2 N–H and O–H groups in total. The Balaban J connectivity index is 1.59. The SMILES string of the molecule is C[C@@H]1C[C@@H]1C(=O)Nc1cccc(C(=O)N[C@H]2CCCN(C)C2)c1. The predicted octanol–water partition coefficient (Wildman–Crippen LogP) is 2.11. The van der Waals surface area contributed by atoms with Crippen molar-refractivity contribution < 1.29 is 9.59 Å². The summed E-state index contributed by atoms with van der Waals surface area (Å²) in [5, 5.41) is 6.01. The predicted molar refractivity (Wildman–Crippen MR) is 90.3 cm³/mol. The zero-order valence-corrected chi connectivity index (χ0v) is 13.8. The molecule has 2 aliphatic rings. The monoisotopic (exact) mass is 315 g/mol. The summed E-state index contributed by atoms with van der Waals surface area (Å²) < 4.78 is 0. The van der Waals surface area contributed by atoms with Crippen molar-refractivity contribution in [1.29, 1.82) is 0 Å². The van der Waals surface area contributed by atoms with Gasteiger partial charge >= 0.3 is 0 Å². The van der Waals surface area contributed by atoms with Gasteiger partial charge in [0.05, 0.1) is 0 Å². The number of nitrogens with zero attached hydrogens (tertiary/aromatic N) is 1. The molecule has 0 aromatic heterocycles. The first kappa shape index (κ1) is 16.0. The fourth-order valence-corrected chi connectivity index (χ4v) is 3.21. The normalized spacial score (nSPS) is 27.3. The highest BCUT2D eigenvalue weighted by atomic mass is 16.2. The van der Waals surface area contributed by atoms with Crippen LogP contribution in [-0.4, -0.2) is 42.9 Å². The van der Waals surface area contributed by atoms with Crippen molar-refractivity contribution in [2.24, 2.45) is 11.8 Å². The van der Waals surface area contributed by atoms with Gasteiger partial charge in [-0.15, -0.1) is 0 Å². The van der Waals surface area contributed by atoms with E-state index in [0.29, 0.717) is 17.2 Å². The minimum atomic E-state index is -0.0683. The number of piperidine rings is 1. The van der Waals surface area contributed by atoms with E-state index < -0.39 is 0 Å². The Morgan fingerprint density at radius 1 is 1.30 bits per heavy atom. The van der Waals surface area contributed by atoms with Crippen molar-refractivity contribution in [3.63, 3.8) is 0 Å². The summed E-state index contributed by atoms with van der Waals surface area (Å²) in [5.74, 6) is 0.597. The van der Waals surface area contributed by atoms with Gasteiger partial charge in [-0.25, -0.2) is 0 Å². The van der Waals surface area contributed by atoms with E-state index in [4.69, 9.17) is 0 Å².